The standard InChI is InChI=1S/C17H20N4O3/c1-11-4-5-15(24-3)14(6-11)21-9-12(7-16(21)22)17(23)19-13-8-18-20(2)10-13/h4-6,8,10,12H,7,9H2,1-3H3,(H,19,23)/t12-/m0/s1. The van der Waals surface area contributed by atoms with E-state index in [1.807, 2.05) is 25.1 Å². The summed E-state index contributed by atoms with van der Waals surface area (Å²) in [6.45, 7) is 2.29. The van der Waals surface area contributed by atoms with Crippen molar-refractivity contribution in [3.8, 4) is 5.75 Å². The number of ether oxygens (including phenoxy) is 1. The van der Waals surface area contributed by atoms with Gasteiger partial charge in [0.05, 0.1) is 30.6 Å². The van der Waals surface area contributed by atoms with Gasteiger partial charge in [-0.05, 0) is 24.6 Å². The van der Waals surface area contributed by atoms with Crippen molar-refractivity contribution in [1.29, 1.82) is 0 Å². The molecule has 0 bridgehead atoms. The molecule has 0 spiro atoms. The molecule has 1 atom stereocenters. The average molecular weight is 328 g/mol. The lowest BCUT2D eigenvalue weighted by Gasteiger charge is -2.20. The van der Waals surface area contributed by atoms with Crippen molar-refractivity contribution in [3.63, 3.8) is 0 Å². The molecule has 0 unspecified atom stereocenters. The van der Waals surface area contributed by atoms with Crippen LogP contribution in [-0.2, 0) is 16.6 Å². The summed E-state index contributed by atoms with van der Waals surface area (Å²) in [6, 6.07) is 5.66. The van der Waals surface area contributed by atoms with E-state index in [1.165, 1.54) is 0 Å². The number of carbonyl (C=O) groups excluding carboxylic acids is 2. The Balaban J connectivity index is 1.76. The monoisotopic (exact) mass is 328 g/mol. The van der Waals surface area contributed by atoms with Crippen molar-refractivity contribution >= 4 is 23.2 Å². The van der Waals surface area contributed by atoms with E-state index in [2.05, 4.69) is 10.4 Å². The van der Waals surface area contributed by atoms with E-state index in [9.17, 15) is 9.59 Å². The van der Waals surface area contributed by atoms with Crippen molar-refractivity contribution in [3.05, 3.63) is 36.2 Å². The molecule has 1 fully saturated rings. The number of aryl methyl sites for hydroxylation is 2. The highest BCUT2D eigenvalue weighted by molar-refractivity contribution is 6.04. The number of aromatic nitrogens is 2. The van der Waals surface area contributed by atoms with Gasteiger partial charge in [0.25, 0.3) is 0 Å². The number of methoxy groups -OCH3 is 1. The van der Waals surface area contributed by atoms with Gasteiger partial charge in [0.1, 0.15) is 5.75 Å². The lowest BCUT2D eigenvalue weighted by Crippen LogP contribution is -2.28. The third kappa shape index (κ3) is 3.10. The number of nitrogens with zero attached hydrogens (tertiary/aromatic N) is 3. The van der Waals surface area contributed by atoms with E-state index in [1.54, 1.807) is 36.1 Å². The van der Waals surface area contributed by atoms with Crippen LogP contribution < -0.4 is 15.0 Å². The van der Waals surface area contributed by atoms with E-state index < -0.39 is 5.92 Å². The first-order valence-electron chi connectivity index (χ1n) is 7.72. The summed E-state index contributed by atoms with van der Waals surface area (Å²) in [5.74, 6) is -0.0269. The zero-order valence-electron chi connectivity index (χ0n) is 13.9. The third-order valence-corrected chi connectivity index (χ3v) is 4.09. The summed E-state index contributed by atoms with van der Waals surface area (Å²) in [7, 11) is 3.35. The topological polar surface area (TPSA) is 76.5 Å². The first kappa shape index (κ1) is 16.0. The average Bonchev–Trinajstić information content (AvgIpc) is 3.13. The second-order valence-electron chi connectivity index (χ2n) is 5.97. The Kier molecular flexibility index (Phi) is 4.24. The number of hydrogen-bond donors (Lipinski definition) is 1. The summed E-state index contributed by atoms with van der Waals surface area (Å²) in [5, 5.41) is 6.82. The minimum Gasteiger partial charge on any atom is -0.495 e. The minimum atomic E-state index is -0.400. The van der Waals surface area contributed by atoms with Gasteiger partial charge in [0.15, 0.2) is 0 Å². The number of nitrogens with one attached hydrogen (secondary N) is 1. The van der Waals surface area contributed by atoms with Crippen molar-refractivity contribution < 1.29 is 14.3 Å². The van der Waals surface area contributed by atoms with Crippen molar-refractivity contribution in [1.82, 2.24) is 9.78 Å². The molecular formula is C17H20N4O3. The Morgan fingerprint density at radius 3 is 2.88 bits per heavy atom. The van der Waals surface area contributed by atoms with Gasteiger partial charge in [-0.25, -0.2) is 0 Å². The van der Waals surface area contributed by atoms with Crippen LogP contribution in [-0.4, -0.2) is 35.2 Å². The highest BCUT2D eigenvalue weighted by atomic mass is 16.5. The summed E-state index contributed by atoms with van der Waals surface area (Å²) in [5.41, 5.74) is 2.36. The number of carbonyl (C=O) groups is 2. The molecule has 2 aromatic rings. The van der Waals surface area contributed by atoms with Gasteiger partial charge in [-0.1, -0.05) is 6.07 Å². The van der Waals surface area contributed by atoms with Crippen LogP contribution in [0.25, 0.3) is 0 Å². The maximum atomic E-state index is 12.4. The second kappa shape index (κ2) is 6.35. The molecule has 1 aliphatic heterocycles. The van der Waals surface area contributed by atoms with E-state index in [-0.39, 0.29) is 18.2 Å². The molecule has 1 aromatic carbocycles. The van der Waals surface area contributed by atoms with Crippen LogP contribution in [0.5, 0.6) is 5.75 Å². The fraction of sp³-hybridized carbons (Fsp3) is 0.353. The molecule has 0 aliphatic carbocycles. The first-order chi connectivity index (χ1) is 11.5. The number of hydrogen-bond acceptors (Lipinski definition) is 4. The molecule has 126 valence electrons. The fourth-order valence-electron chi connectivity index (χ4n) is 2.86. The molecule has 3 rings (SSSR count). The molecule has 1 N–H and O–H groups in total. The van der Waals surface area contributed by atoms with Gasteiger partial charge in [-0.3, -0.25) is 14.3 Å². The Labute approximate surface area is 140 Å². The normalized spacial score (nSPS) is 17.2. The lowest BCUT2D eigenvalue weighted by atomic mass is 10.1. The molecule has 2 heterocycles. The van der Waals surface area contributed by atoms with Gasteiger partial charge in [0.2, 0.25) is 11.8 Å². The quantitative estimate of drug-likeness (QED) is 0.927. The van der Waals surface area contributed by atoms with Gasteiger partial charge in [-0.2, -0.15) is 5.10 Å². The zero-order valence-corrected chi connectivity index (χ0v) is 13.9. The van der Waals surface area contributed by atoms with E-state index in [0.29, 0.717) is 23.7 Å². The molecule has 0 radical (unpaired) electrons. The van der Waals surface area contributed by atoms with Crippen LogP contribution in [0, 0.1) is 12.8 Å². The number of rotatable bonds is 4. The minimum absolute atomic E-state index is 0.0785. The molecular weight excluding hydrogens is 308 g/mol. The Morgan fingerprint density at radius 1 is 1.42 bits per heavy atom. The Hall–Kier alpha value is -2.83. The Bertz CT molecular complexity index is 784. The van der Waals surface area contributed by atoms with Gasteiger partial charge < -0.3 is 15.0 Å². The maximum absolute atomic E-state index is 12.4. The van der Waals surface area contributed by atoms with Gasteiger partial charge in [-0.15, -0.1) is 0 Å². The van der Waals surface area contributed by atoms with E-state index >= 15 is 0 Å². The third-order valence-electron chi connectivity index (χ3n) is 4.09. The fourth-order valence-corrected chi connectivity index (χ4v) is 2.86. The first-order valence-corrected chi connectivity index (χ1v) is 7.72. The van der Waals surface area contributed by atoms with Crippen molar-refractivity contribution in [2.24, 2.45) is 13.0 Å². The highest BCUT2D eigenvalue weighted by Crippen LogP contribution is 2.34. The van der Waals surface area contributed by atoms with Crippen LogP contribution >= 0.6 is 0 Å². The molecule has 1 saturated heterocycles. The van der Waals surface area contributed by atoms with Crippen molar-refractivity contribution in [2.45, 2.75) is 13.3 Å². The van der Waals surface area contributed by atoms with Gasteiger partial charge in [0, 0.05) is 26.2 Å². The van der Waals surface area contributed by atoms with Gasteiger partial charge >= 0.3 is 0 Å². The zero-order chi connectivity index (χ0) is 17.3. The summed E-state index contributed by atoms with van der Waals surface area (Å²) >= 11 is 0. The molecule has 0 saturated carbocycles. The number of amides is 2. The van der Waals surface area contributed by atoms with Crippen LogP contribution in [0.15, 0.2) is 30.6 Å². The van der Waals surface area contributed by atoms with E-state index in [4.69, 9.17) is 4.74 Å². The highest BCUT2D eigenvalue weighted by Gasteiger charge is 2.36. The predicted octanol–water partition coefficient (Wildman–Crippen LogP) is 1.73. The summed E-state index contributed by atoms with van der Waals surface area (Å²) in [6.07, 6.45) is 3.48. The molecule has 7 nitrogen and oxygen atoms in total. The van der Waals surface area contributed by atoms with Crippen LogP contribution in [0.3, 0.4) is 0 Å². The molecule has 24 heavy (non-hydrogen) atoms. The molecule has 1 aliphatic rings. The van der Waals surface area contributed by atoms with Crippen molar-refractivity contribution in [2.75, 3.05) is 23.9 Å². The number of anilines is 2. The lowest BCUT2D eigenvalue weighted by molar-refractivity contribution is -0.122. The molecule has 2 amide bonds. The van der Waals surface area contributed by atoms with Crippen LogP contribution in [0.2, 0.25) is 0 Å². The smallest absolute Gasteiger partial charge is 0.229 e. The maximum Gasteiger partial charge on any atom is 0.229 e. The van der Waals surface area contributed by atoms with Crippen LogP contribution in [0.1, 0.15) is 12.0 Å². The SMILES string of the molecule is COc1ccc(C)cc1N1C[C@@H](C(=O)Nc2cnn(C)c2)CC1=O. The molecule has 7 heteroatoms. The molecule has 1 aromatic heterocycles. The summed E-state index contributed by atoms with van der Waals surface area (Å²) in [4.78, 5) is 26.4. The van der Waals surface area contributed by atoms with Crippen LogP contribution in [0.4, 0.5) is 11.4 Å². The Morgan fingerprint density at radius 2 is 2.21 bits per heavy atom. The predicted molar refractivity (Wildman–Crippen MR) is 90.0 cm³/mol. The number of benzene rings is 1. The summed E-state index contributed by atoms with van der Waals surface area (Å²) < 4.78 is 6.96. The second-order valence-corrected chi connectivity index (χ2v) is 5.97. The van der Waals surface area contributed by atoms with E-state index in [0.717, 1.165) is 5.56 Å². The largest absolute Gasteiger partial charge is 0.495 e.